The second-order valence-electron chi connectivity index (χ2n) is 5.74. The van der Waals surface area contributed by atoms with Crippen molar-refractivity contribution in [3.8, 4) is 17.0 Å². The van der Waals surface area contributed by atoms with Gasteiger partial charge >= 0.3 is 0 Å². The van der Waals surface area contributed by atoms with Crippen molar-refractivity contribution in [3.63, 3.8) is 0 Å². The Labute approximate surface area is 133 Å². The number of imidazole rings is 1. The molecule has 3 aromatic rings. The smallest absolute Gasteiger partial charge is 0.264 e. The lowest BCUT2D eigenvalue weighted by Gasteiger charge is -2.26. The van der Waals surface area contributed by atoms with Gasteiger partial charge < -0.3 is 19.8 Å². The maximum absolute atomic E-state index is 11.8. The van der Waals surface area contributed by atoms with E-state index in [0.717, 1.165) is 28.2 Å². The molecule has 2 aromatic heterocycles. The number of nitrogens with two attached hydrogens (primary N) is 1. The van der Waals surface area contributed by atoms with Crippen molar-refractivity contribution in [2.75, 3.05) is 24.3 Å². The van der Waals surface area contributed by atoms with Crippen LogP contribution in [0.15, 0.2) is 36.7 Å². The number of pyridine rings is 1. The zero-order valence-electron chi connectivity index (χ0n) is 12.9. The molecule has 0 saturated carbocycles. The maximum Gasteiger partial charge on any atom is 0.264 e. The molecule has 2 N–H and O–H groups in total. The molecule has 3 heterocycles. The molecule has 0 atom stereocenters. The lowest BCUT2D eigenvalue weighted by Crippen LogP contribution is -2.35. The monoisotopic (exact) mass is 308 g/mol. The van der Waals surface area contributed by atoms with Crippen LogP contribution in [0.25, 0.3) is 16.9 Å². The first-order valence-electron chi connectivity index (χ1n) is 7.31. The lowest BCUT2D eigenvalue weighted by atomic mass is 10.1. The van der Waals surface area contributed by atoms with Gasteiger partial charge in [0.05, 0.1) is 11.4 Å². The van der Waals surface area contributed by atoms with E-state index >= 15 is 0 Å². The van der Waals surface area contributed by atoms with Crippen LogP contribution in [0.3, 0.4) is 0 Å². The molecule has 6 nitrogen and oxygen atoms in total. The van der Waals surface area contributed by atoms with Crippen LogP contribution in [0.5, 0.6) is 5.75 Å². The number of carbonyl (C=O) groups is 1. The van der Waals surface area contributed by atoms with Gasteiger partial charge in [-0.05, 0) is 36.8 Å². The molecule has 1 aromatic carbocycles. The summed E-state index contributed by atoms with van der Waals surface area (Å²) in [6.07, 6.45) is 3.78. The summed E-state index contributed by atoms with van der Waals surface area (Å²) in [4.78, 5) is 18.1. The van der Waals surface area contributed by atoms with Crippen molar-refractivity contribution in [2.24, 2.45) is 0 Å². The fraction of sp³-hybridized carbons (Fsp3) is 0.176. The highest BCUT2D eigenvalue weighted by atomic mass is 16.5. The van der Waals surface area contributed by atoms with E-state index in [1.54, 1.807) is 11.9 Å². The number of hydrogen-bond acceptors (Lipinski definition) is 4. The van der Waals surface area contributed by atoms with Gasteiger partial charge in [-0.3, -0.25) is 4.79 Å². The van der Waals surface area contributed by atoms with Gasteiger partial charge in [-0.1, -0.05) is 0 Å². The fourth-order valence-electron chi connectivity index (χ4n) is 2.87. The second-order valence-corrected chi connectivity index (χ2v) is 5.74. The molecule has 1 amide bonds. The highest BCUT2D eigenvalue weighted by Gasteiger charge is 2.22. The molecule has 0 aliphatic carbocycles. The Hall–Kier alpha value is -3.02. The molecule has 0 saturated heterocycles. The minimum absolute atomic E-state index is 0.0618. The summed E-state index contributed by atoms with van der Waals surface area (Å²) < 4.78 is 7.38. The van der Waals surface area contributed by atoms with Crippen LogP contribution in [-0.4, -0.2) is 28.9 Å². The number of hydrogen-bond donors (Lipinski definition) is 1. The van der Waals surface area contributed by atoms with Crippen molar-refractivity contribution >= 4 is 22.9 Å². The number of rotatable bonds is 1. The Morgan fingerprint density at radius 3 is 2.91 bits per heavy atom. The lowest BCUT2D eigenvalue weighted by molar-refractivity contribution is -0.120. The van der Waals surface area contributed by atoms with E-state index in [1.165, 1.54) is 0 Å². The molecule has 1 aliphatic rings. The van der Waals surface area contributed by atoms with Gasteiger partial charge in [0.15, 0.2) is 6.61 Å². The number of anilines is 2. The van der Waals surface area contributed by atoms with Crippen molar-refractivity contribution in [2.45, 2.75) is 6.92 Å². The van der Waals surface area contributed by atoms with Gasteiger partial charge in [-0.2, -0.15) is 0 Å². The van der Waals surface area contributed by atoms with Gasteiger partial charge in [0.1, 0.15) is 11.4 Å². The number of aromatic nitrogens is 2. The molecule has 0 fully saturated rings. The zero-order valence-corrected chi connectivity index (χ0v) is 12.9. The number of amides is 1. The van der Waals surface area contributed by atoms with E-state index in [4.69, 9.17) is 10.5 Å². The van der Waals surface area contributed by atoms with Crippen LogP contribution < -0.4 is 15.4 Å². The average molecular weight is 308 g/mol. The molecular weight excluding hydrogens is 292 g/mol. The summed E-state index contributed by atoms with van der Waals surface area (Å²) in [7, 11) is 1.75. The largest absolute Gasteiger partial charge is 0.482 e. The Kier molecular flexibility index (Phi) is 2.81. The summed E-state index contributed by atoms with van der Waals surface area (Å²) in [6, 6.07) is 7.65. The van der Waals surface area contributed by atoms with E-state index in [2.05, 4.69) is 4.98 Å². The van der Waals surface area contributed by atoms with E-state index in [1.807, 2.05) is 48.0 Å². The van der Waals surface area contributed by atoms with Crippen LogP contribution in [0.4, 0.5) is 11.4 Å². The zero-order chi connectivity index (χ0) is 16.1. The van der Waals surface area contributed by atoms with Gasteiger partial charge in [-0.15, -0.1) is 0 Å². The first kappa shape index (κ1) is 13.6. The maximum atomic E-state index is 11.8. The Balaban J connectivity index is 1.85. The van der Waals surface area contributed by atoms with Gasteiger partial charge in [-0.25, -0.2) is 4.98 Å². The summed E-state index contributed by atoms with van der Waals surface area (Å²) in [6.45, 7) is 2.06. The molecular formula is C17H16N4O2. The Morgan fingerprint density at radius 1 is 1.26 bits per heavy atom. The molecule has 4 rings (SSSR count). The highest BCUT2D eigenvalue weighted by Crippen LogP contribution is 2.35. The third kappa shape index (κ3) is 2.11. The van der Waals surface area contributed by atoms with Crippen LogP contribution in [0, 0.1) is 6.92 Å². The Bertz CT molecular complexity index is 945. The number of carbonyl (C=O) groups excluding carboxylic acids is 1. The molecule has 116 valence electrons. The second kappa shape index (κ2) is 4.74. The van der Waals surface area contributed by atoms with E-state index in [-0.39, 0.29) is 12.5 Å². The molecule has 0 spiro atoms. The van der Waals surface area contributed by atoms with Gasteiger partial charge in [0, 0.05) is 30.7 Å². The van der Waals surface area contributed by atoms with E-state index in [0.29, 0.717) is 11.4 Å². The topological polar surface area (TPSA) is 72.9 Å². The third-order valence-corrected chi connectivity index (χ3v) is 4.10. The normalized spacial score (nSPS) is 14.0. The van der Waals surface area contributed by atoms with Crippen LogP contribution in [-0.2, 0) is 4.79 Å². The minimum atomic E-state index is -0.0618. The summed E-state index contributed by atoms with van der Waals surface area (Å²) in [5, 5.41) is 0. The SMILES string of the molecule is Cc1cc(N)cn2cc(-c3ccc4c(c3)N(C)C(=O)CO4)nc12. The predicted octanol–water partition coefficient (Wildman–Crippen LogP) is 2.25. The van der Waals surface area contributed by atoms with Crippen molar-refractivity contribution < 1.29 is 9.53 Å². The van der Waals surface area contributed by atoms with Crippen molar-refractivity contribution in [1.29, 1.82) is 0 Å². The number of benzene rings is 1. The molecule has 0 unspecified atom stereocenters. The number of nitrogens with zero attached hydrogens (tertiary/aromatic N) is 3. The van der Waals surface area contributed by atoms with Crippen LogP contribution in [0.2, 0.25) is 0 Å². The van der Waals surface area contributed by atoms with Gasteiger partial charge in [0.2, 0.25) is 0 Å². The summed E-state index contributed by atoms with van der Waals surface area (Å²) in [5.74, 6) is 0.647. The molecule has 0 bridgehead atoms. The fourth-order valence-corrected chi connectivity index (χ4v) is 2.87. The molecule has 6 heteroatoms. The molecule has 23 heavy (non-hydrogen) atoms. The Morgan fingerprint density at radius 2 is 2.09 bits per heavy atom. The summed E-state index contributed by atoms with van der Waals surface area (Å²) in [5.41, 5.74) is 11.0. The van der Waals surface area contributed by atoms with E-state index in [9.17, 15) is 4.79 Å². The number of fused-ring (bicyclic) bond motifs is 2. The highest BCUT2D eigenvalue weighted by molar-refractivity contribution is 5.98. The quantitative estimate of drug-likeness (QED) is 0.748. The minimum Gasteiger partial charge on any atom is -0.482 e. The number of aryl methyl sites for hydroxylation is 1. The van der Waals surface area contributed by atoms with Crippen LogP contribution >= 0.6 is 0 Å². The summed E-state index contributed by atoms with van der Waals surface area (Å²) >= 11 is 0. The number of likely N-dealkylation sites (N-methyl/N-ethyl adjacent to an activating group) is 1. The first-order valence-corrected chi connectivity index (χ1v) is 7.31. The third-order valence-electron chi connectivity index (χ3n) is 4.10. The first-order chi connectivity index (χ1) is 11.0. The number of nitrogen functional groups attached to an aromatic ring is 1. The van der Waals surface area contributed by atoms with Crippen LogP contribution in [0.1, 0.15) is 5.56 Å². The van der Waals surface area contributed by atoms with Crippen molar-refractivity contribution in [1.82, 2.24) is 9.38 Å². The van der Waals surface area contributed by atoms with E-state index < -0.39 is 0 Å². The standard InChI is InChI=1S/C17H16N4O2/c1-10-5-12(18)7-21-8-13(19-17(10)21)11-3-4-15-14(6-11)20(2)16(22)9-23-15/h3-8H,9,18H2,1-2H3. The van der Waals surface area contributed by atoms with Crippen molar-refractivity contribution in [3.05, 3.63) is 42.2 Å². The predicted molar refractivity (Wildman–Crippen MR) is 88.7 cm³/mol. The molecule has 0 radical (unpaired) electrons. The van der Waals surface area contributed by atoms with Gasteiger partial charge in [0.25, 0.3) is 5.91 Å². The molecule has 1 aliphatic heterocycles. The average Bonchev–Trinajstić information content (AvgIpc) is 2.95. The number of ether oxygens (including phenoxy) is 1.